The fourth-order valence-corrected chi connectivity index (χ4v) is 2.71. The lowest BCUT2D eigenvalue weighted by Gasteiger charge is -2.31. The lowest BCUT2D eigenvalue weighted by Crippen LogP contribution is -2.39. The van der Waals surface area contributed by atoms with Crippen molar-refractivity contribution in [1.82, 2.24) is 10.2 Å². The van der Waals surface area contributed by atoms with Crippen molar-refractivity contribution in [1.29, 1.82) is 0 Å². The number of rotatable bonds is 8. The molecule has 2 heteroatoms. The van der Waals surface area contributed by atoms with Crippen molar-refractivity contribution in [2.24, 2.45) is 5.92 Å². The zero-order chi connectivity index (χ0) is 14.5. The molecular formula is C18H30N2. The van der Waals surface area contributed by atoms with Gasteiger partial charge in [-0.15, -0.1) is 0 Å². The van der Waals surface area contributed by atoms with E-state index in [1.807, 2.05) is 0 Å². The second kappa shape index (κ2) is 7.24. The van der Waals surface area contributed by atoms with Crippen LogP contribution >= 0.6 is 0 Å². The fourth-order valence-electron chi connectivity index (χ4n) is 2.71. The third kappa shape index (κ3) is 4.32. The van der Waals surface area contributed by atoms with Gasteiger partial charge >= 0.3 is 0 Å². The Labute approximate surface area is 124 Å². The van der Waals surface area contributed by atoms with Crippen LogP contribution < -0.4 is 5.32 Å². The molecule has 1 unspecified atom stereocenters. The molecule has 0 aliphatic heterocycles. The smallest absolute Gasteiger partial charge is 0.0446 e. The number of hydrogen-bond acceptors (Lipinski definition) is 2. The maximum atomic E-state index is 3.49. The molecule has 1 aromatic rings. The van der Waals surface area contributed by atoms with Crippen molar-refractivity contribution in [3.05, 3.63) is 35.4 Å². The van der Waals surface area contributed by atoms with Gasteiger partial charge in [0.15, 0.2) is 0 Å². The van der Waals surface area contributed by atoms with Gasteiger partial charge in [0, 0.05) is 25.2 Å². The average molecular weight is 274 g/mol. The van der Waals surface area contributed by atoms with Gasteiger partial charge in [0.1, 0.15) is 0 Å². The maximum Gasteiger partial charge on any atom is 0.0446 e. The number of likely N-dealkylation sites (N-methyl/N-ethyl adjacent to an activating group) is 1. The summed E-state index contributed by atoms with van der Waals surface area (Å²) < 4.78 is 0. The van der Waals surface area contributed by atoms with Crippen LogP contribution in [0.1, 0.15) is 50.8 Å². The molecule has 0 radical (unpaired) electrons. The number of aryl methyl sites for hydroxylation is 1. The van der Waals surface area contributed by atoms with E-state index in [9.17, 15) is 0 Å². The van der Waals surface area contributed by atoms with E-state index in [4.69, 9.17) is 0 Å². The molecule has 1 aliphatic carbocycles. The number of hydrogen-bond donors (Lipinski definition) is 1. The molecule has 1 saturated carbocycles. The van der Waals surface area contributed by atoms with Crippen LogP contribution in [0.15, 0.2) is 24.3 Å². The summed E-state index contributed by atoms with van der Waals surface area (Å²) in [5.74, 6) is 0.956. The Balaban J connectivity index is 2.01. The molecule has 0 spiro atoms. The van der Waals surface area contributed by atoms with E-state index in [-0.39, 0.29) is 0 Å². The highest BCUT2D eigenvalue weighted by Gasteiger charge is 2.26. The summed E-state index contributed by atoms with van der Waals surface area (Å²) in [5, 5.41) is 3.49. The van der Waals surface area contributed by atoms with E-state index in [1.54, 1.807) is 0 Å². The lowest BCUT2D eigenvalue weighted by atomic mass is 10.0. The Hall–Kier alpha value is -0.860. The minimum Gasteiger partial charge on any atom is -0.312 e. The quantitative estimate of drug-likeness (QED) is 0.779. The Morgan fingerprint density at radius 2 is 1.85 bits per heavy atom. The van der Waals surface area contributed by atoms with Crippen LogP contribution in [0.25, 0.3) is 0 Å². The predicted molar refractivity (Wildman–Crippen MR) is 87.1 cm³/mol. The van der Waals surface area contributed by atoms with E-state index >= 15 is 0 Å². The van der Waals surface area contributed by atoms with Crippen LogP contribution in [-0.2, 0) is 6.42 Å². The minimum absolute atomic E-state index is 0.432. The molecule has 1 fully saturated rings. The average Bonchev–Trinajstić information content (AvgIpc) is 3.27. The standard InChI is InChI=1S/C18H30N2/c1-5-15-8-10-17(11-9-15)18(19-4)13-20(14(2)3)12-16-6-7-16/h8-11,14,16,18-19H,5-7,12-13H2,1-4H3. The zero-order valence-corrected chi connectivity index (χ0v) is 13.5. The van der Waals surface area contributed by atoms with Crippen molar-refractivity contribution in [2.45, 2.75) is 52.1 Å². The van der Waals surface area contributed by atoms with Crippen LogP contribution in [0, 0.1) is 5.92 Å². The lowest BCUT2D eigenvalue weighted by molar-refractivity contribution is 0.192. The topological polar surface area (TPSA) is 15.3 Å². The number of nitrogens with one attached hydrogen (secondary N) is 1. The molecule has 1 aliphatic rings. The summed E-state index contributed by atoms with van der Waals surface area (Å²) >= 11 is 0. The fraction of sp³-hybridized carbons (Fsp3) is 0.667. The van der Waals surface area contributed by atoms with E-state index in [2.05, 4.69) is 62.3 Å². The maximum absolute atomic E-state index is 3.49. The summed E-state index contributed by atoms with van der Waals surface area (Å²) in [6, 6.07) is 10.2. The van der Waals surface area contributed by atoms with Gasteiger partial charge in [-0.25, -0.2) is 0 Å². The SMILES string of the molecule is CCc1ccc(C(CN(CC2CC2)C(C)C)NC)cc1. The minimum atomic E-state index is 0.432. The van der Waals surface area contributed by atoms with Gasteiger partial charge in [-0.05, 0) is 57.2 Å². The molecule has 0 heterocycles. The third-order valence-corrected chi connectivity index (χ3v) is 4.48. The molecule has 2 nitrogen and oxygen atoms in total. The van der Waals surface area contributed by atoms with Gasteiger partial charge in [0.05, 0.1) is 0 Å². The summed E-state index contributed by atoms with van der Waals surface area (Å²) in [5.41, 5.74) is 2.83. The third-order valence-electron chi connectivity index (χ3n) is 4.48. The van der Waals surface area contributed by atoms with Gasteiger partial charge in [-0.2, -0.15) is 0 Å². The predicted octanol–water partition coefficient (Wildman–Crippen LogP) is 3.63. The first kappa shape index (κ1) is 15.5. The Morgan fingerprint density at radius 1 is 1.20 bits per heavy atom. The highest BCUT2D eigenvalue weighted by Crippen LogP contribution is 2.31. The normalized spacial score (nSPS) is 16.9. The second-order valence-corrected chi connectivity index (χ2v) is 6.43. The van der Waals surface area contributed by atoms with Crippen LogP contribution in [0.3, 0.4) is 0 Å². The first-order valence-corrected chi connectivity index (χ1v) is 8.14. The van der Waals surface area contributed by atoms with Gasteiger partial charge in [0.25, 0.3) is 0 Å². The van der Waals surface area contributed by atoms with Gasteiger partial charge in [0.2, 0.25) is 0 Å². The molecule has 1 N–H and O–H groups in total. The van der Waals surface area contributed by atoms with E-state index in [0.717, 1.165) is 18.9 Å². The summed E-state index contributed by atoms with van der Waals surface area (Å²) in [6.07, 6.45) is 3.97. The molecule has 1 aromatic carbocycles. The summed E-state index contributed by atoms with van der Waals surface area (Å²) in [7, 11) is 2.08. The van der Waals surface area contributed by atoms with Gasteiger partial charge in [-0.3, -0.25) is 4.90 Å². The molecule has 112 valence electrons. The van der Waals surface area contributed by atoms with E-state index in [1.165, 1.54) is 30.5 Å². The number of nitrogens with zero attached hydrogens (tertiary/aromatic N) is 1. The van der Waals surface area contributed by atoms with E-state index in [0.29, 0.717) is 12.1 Å². The molecule has 1 atom stereocenters. The Morgan fingerprint density at radius 3 is 2.30 bits per heavy atom. The van der Waals surface area contributed by atoms with E-state index < -0.39 is 0 Å². The van der Waals surface area contributed by atoms with Crippen molar-refractivity contribution in [3.63, 3.8) is 0 Å². The molecule has 0 aromatic heterocycles. The highest BCUT2D eigenvalue weighted by atomic mass is 15.2. The van der Waals surface area contributed by atoms with Gasteiger partial charge in [-0.1, -0.05) is 31.2 Å². The Kier molecular flexibility index (Phi) is 5.62. The number of benzene rings is 1. The Bertz CT molecular complexity index is 392. The van der Waals surface area contributed by atoms with Crippen LogP contribution in [0.4, 0.5) is 0 Å². The van der Waals surface area contributed by atoms with Gasteiger partial charge < -0.3 is 5.32 Å². The van der Waals surface area contributed by atoms with Crippen LogP contribution in [0.5, 0.6) is 0 Å². The summed E-state index contributed by atoms with van der Waals surface area (Å²) in [6.45, 7) is 9.21. The molecule has 2 rings (SSSR count). The molecule has 0 amide bonds. The summed E-state index contributed by atoms with van der Waals surface area (Å²) in [4.78, 5) is 2.63. The van der Waals surface area contributed by atoms with Crippen molar-refractivity contribution >= 4 is 0 Å². The van der Waals surface area contributed by atoms with Crippen molar-refractivity contribution in [2.75, 3.05) is 20.1 Å². The van der Waals surface area contributed by atoms with Crippen molar-refractivity contribution in [3.8, 4) is 0 Å². The second-order valence-electron chi connectivity index (χ2n) is 6.43. The first-order valence-electron chi connectivity index (χ1n) is 8.14. The molecule has 20 heavy (non-hydrogen) atoms. The first-order chi connectivity index (χ1) is 9.63. The molecule has 0 bridgehead atoms. The zero-order valence-electron chi connectivity index (χ0n) is 13.5. The molecular weight excluding hydrogens is 244 g/mol. The monoisotopic (exact) mass is 274 g/mol. The van der Waals surface area contributed by atoms with Crippen LogP contribution in [-0.4, -0.2) is 31.1 Å². The van der Waals surface area contributed by atoms with Crippen molar-refractivity contribution < 1.29 is 0 Å². The van der Waals surface area contributed by atoms with Crippen LogP contribution in [0.2, 0.25) is 0 Å². The highest BCUT2D eigenvalue weighted by molar-refractivity contribution is 5.25. The largest absolute Gasteiger partial charge is 0.312 e. The molecule has 0 saturated heterocycles.